The molecular formula is C24H16F4N4O2S. The van der Waals surface area contributed by atoms with Gasteiger partial charge in [0.1, 0.15) is 16.4 Å². The van der Waals surface area contributed by atoms with Gasteiger partial charge in [0.05, 0.1) is 18.3 Å². The van der Waals surface area contributed by atoms with Gasteiger partial charge in [-0.05, 0) is 52.6 Å². The van der Waals surface area contributed by atoms with Crippen molar-refractivity contribution in [2.75, 3.05) is 0 Å². The van der Waals surface area contributed by atoms with Gasteiger partial charge in [0.25, 0.3) is 0 Å². The van der Waals surface area contributed by atoms with Crippen LogP contribution in [0.1, 0.15) is 40.2 Å². The molecule has 2 aromatic carbocycles. The minimum Gasteiger partial charge on any atom is -0.282 e. The average molecular weight is 500 g/mol. The number of pyridine rings is 1. The molecule has 35 heavy (non-hydrogen) atoms. The molecule has 0 amide bonds. The number of aromatic nitrogens is 3. The maximum atomic E-state index is 13.7. The molecule has 0 saturated heterocycles. The van der Waals surface area contributed by atoms with E-state index in [0.717, 1.165) is 40.2 Å². The lowest BCUT2D eigenvalue weighted by atomic mass is 9.95. The molecule has 4 heterocycles. The van der Waals surface area contributed by atoms with Crippen LogP contribution < -0.4 is 0 Å². The number of hydrogen-bond donors (Lipinski definition) is 1. The molecule has 11 heteroatoms. The highest BCUT2D eigenvalue weighted by Gasteiger charge is 2.51. The molecule has 0 saturated carbocycles. The second-order valence-electron chi connectivity index (χ2n) is 8.49. The number of hydrogen-bond acceptors (Lipinski definition) is 4. The fourth-order valence-corrected chi connectivity index (χ4v) is 6.64. The highest BCUT2D eigenvalue weighted by molar-refractivity contribution is 7.89. The van der Waals surface area contributed by atoms with Crippen LogP contribution in [0, 0.1) is 5.82 Å². The van der Waals surface area contributed by atoms with Crippen LogP contribution in [0.3, 0.4) is 0 Å². The van der Waals surface area contributed by atoms with E-state index in [9.17, 15) is 26.0 Å². The van der Waals surface area contributed by atoms with Crippen molar-refractivity contribution in [3.05, 3.63) is 101 Å². The fraction of sp³-hybridized carbons (Fsp3) is 0.167. The maximum absolute atomic E-state index is 13.7. The Morgan fingerprint density at radius 1 is 0.914 bits per heavy atom. The first-order chi connectivity index (χ1) is 16.6. The van der Waals surface area contributed by atoms with E-state index < -0.39 is 34.0 Å². The van der Waals surface area contributed by atoms with E-state index >= 15 is 0 Å². The Balaban J connectivity index is 1.47. The number of rotatable bonds is 3. The Morgan fingerprint density at radius 2 is 1.66 bits per heavy atom. The standard InChI is InChI=1S/C24H16F4N4O2S/c25-15-4-1-13(2-5-15)14-3-7-17-18(9-14)23-19-12-30-31-20(19)10-21(17)32(23)35(33,34)16-6-8-22(29-11-16)24(26,27)28/h1-9,11-12,21,23H,10H2,(H,30,31). The topological polar surface area (TPSA) is 79.0 Å². The van der Waals surface area contributed by atoms with Gasteiger partial charge in [0, 0.05) is 23.9 Å². The van der Waals surface area contributed by atoms with Crippen molar-refractivity contribution < 1.29 is 26.0 Å². The number of nitrogens with one attached hydrogen (secondary N) is 1. The molecule has 1 N–H and O–H groups in total. The highest BCUT2D eigenvalue weighted by atomic mass is 32.2. The van der Waals surface area contributed by atoms with Gasteiger partial charge in [0.2, 0.25) is 10.0 Å². The molecule has 2 aliphatic rings. The van der Waals surface area contributed by atoms with E-state index in [-0.39, 0.29) is 10.7 Å². The maximum Gasteiger partial charge on any atom is 0.433 e. The molecule has 178 valence electrons. The lowest BCUT2D eigenvalue weighted by molar-refractivity contribution is -0.141. The summed E-state index contributed by atoms with van der Waals surface area (Å²) in [5.74, 6) is -0.365. The zero-order chi connectivity index (χ0) is 24.5. The predicted molar refractivity (Wildman–Crippen MR) is 117 cm³/mol. The average Bonchev–Trinajstić information content (AvgIpc) is 3.40. The van der Waals surface area contributed by atoms with Crippen LogP contribution in [0.15, 0.2) is 71.9 Å². The first-order valence-electron chi connectivity index (χ1n) is 10.6. The summed E-state index contributed by atoms with van der Waals surface area (Å²) in [4.78, 5) is 3.03. The molecule has 2 atom stereocenters. The van der Waals surface area contributed by atoms with Crippen LogP contribution >= 0.6 is 0 Å². The van der Waals surface area contributed by atoms with Gasteiger partial charge in [-0.3, -0.25) is 10.1 Å². The molecular weight excluding hydrogens is 484 g/mol. The highest BCUT2D eigenvalue weighted by Crippen LogP contribution is 2.54. The molecule has 0 aliphatic carbocycles. The number of aromatic amines is 1. The van der Waals surface area contributed by atoms with Crippen molar-refractivity contribution in [1.82, 2.24) is 19.5 Å². The minimum atomic E-state index is -4.68. The summed E-state index contributed by atoms with van der Waals surface area (Å²) in [6, 6.07) is 11.9. The molecule has 4 aromatic rings. The summed E-state index contributed by atoms with van der Waals surface area (Å²) in [5, 5.41) is 7.02. The van der Waals surface area contributed by atoms with E-state index in [0.29, 0.717) is 18.1 Å². The van der Waals surface area contributed by atoms with Crippen LogP contribution in [-0.4, -0.2) is 27.9 Å². The molecule has 0 radical (unpaired) electrons. The largest absolute Gasteiger partial charge is 0.433 e. The van der Waals surface area contributed by atoms with Gasteiger partial charge in [-0.25, -0.2) is 12.8 Å². The molecule has 6 rings (SSSR count). The zero-order valence-electron chi connectivity index (χ0n) is 17.8. The number of alkyl halides is 3. The van der Waals surface area contributed by atoms with Gasteiger partial charge in [0.15, 0.2) is 0 Å². The number of halogens is 4. The van der Waals surface area contributed by atoms with Gasteiger partial charge >= 0.3 is 6.18 Å². The predicted octanol–water partition coefficient (Wildman–Crippen LogP) is 5.02. The second-order valence-corrected chi connectivity index (χ2v) is 10.3. The monoisotopic (exact) mass is 500 g/mol. The normalized spacial score (nSPS) is 19.4. The molecule has 0 spiro atoms. The Hall–Kier alpha value is -3.57. The third-order valence-corrected chi connectivity index (χ3v) is 8.38. The third kappa shape index (κ3) is 3.37. The van der Waals surface area contributed by atoms with Crippen molar-refractivity contribution in [2.24, 2.45) is 0 Å². The van der Waals surface area contributed by atoms with Crippen LogP contribution in [0.25, 0.3) is 11.1 Å². The van der Waals surface area contributed by atoms with Crippen LogP contribution in [0.4, 0.5) is 17.6 Å². The molecule has 2 bridgehead atoms. The minimum absolute atomic E-state index is 0.320. The Labute approximate surface area is 197 Å². The second kappa shape index (κ2) is 7.46. The number of nitrogens with zero attached hydrogens (tertiary/aromatic N) is 3. The number of H-pyrrole nitrogens is 1. The lowest BCUT2D eigenvalue weighted by Gasteiger charge is -2.33. The van der Waals surface area contributed by atoms with Crippen molar-refractivity contribution in [3.8, 4) is 11.1 Å². The van der Waals surface area contributed by atoms with Crippen molar-refractivity contribution in [2.45, 2.75) is 29.6 Å². The first-order valence-corrected chi connectivity index (χ1v) is 12.1. The summed E-state index contributed by atoms with van der Waals surface area (Å²) in [6.45, 7) is 0. The molecule has 6 nitrogen and oxygen atoms in total. The summed E-state index contributed by atoms with van der Waals surface area (Å²) >= 11 is 0. The Morgan fingerprint density at radius 3 is 2.34 bits per heavy atom. The SMILES string of the molecule is O=S(=O)(c1ccc(C(F)(F)F)nc1)N1C2Cc3[nH]ncc3C1c1cc(-c3ccc(F)cc3)ccc12. The van der Waals surface area contributed by atoms with Crippen LogP contribution in [0.5, 0.6) is 0 Å². The van der Waals surface area contributed by atoms with Crippen molar-refractivity contribution in [3.63, 3.8) is 0 Å². The Bertz CT molecular complexity index is 1550. The number of benzene rings is 2. The van der Waals surface area contributed by atoms with Gasteiger partial charge in [-0.2, -0.15) is 22.6 Å². The zero-order valence-corrected chi connectivity index (χ0v) is 18.6. The number of sulfonamides is 1. The van der Waals surface area contributed by atoms with E-state index in [2.05, 4.69) is 15.2 Å². The quantitative estimate of drug-likeness (QED) is 0.401. The van der Waals surface area contributed by atoms with E-state index in [1.54, 1.807) is 18.3 Å². The van der Waals surface area contributed by atoms with E-state index in [1.165, 1.54) is 16.4 Å². The molecule has 2 aromatic heterocycles. The number of fused-ring (bicyclic) bond motifs is 7. The third-order valence-electron chi connectivity index (χ3n) is 6.53. The van der Waals surface area contributed by atoms with Crippen LogP contribution in [0.2, 0.25) is 0 Å². The van der Waals surface area contributed by atoms with Gasteiger partial charge < -0.3 is 0 Å². The summed E-state index contributed by atoms with van der Waals surface area (Å²) in [7, 11) is -4.22. The van der Waals surface area contributed by atoms with Gasteiger partial charge in [-0.1, -0.05) is 24.3 Å². The Kier molecular flexibility index (Phi) is 4.68. The molecule has 2 unspecified atom stereocenters. The first kappa shape index (κ1) is 21.9. The fourth-order valence-electron chi connectivity index (χ4n) is 4.94. The van der Waals surface area contributed by atoms with E-state index in [1.807, 2.05) is 18.2 Å². The summed E-state index contributed by atoms with van der Waals surface area (Å²) < 4.78 is 81.1. The van der Waals surface area contributed by atoms with Crippen molar-refractivity contribution >= 4 is 10.0 Å². The van der Waals surface area contributed by atoms with Crippen molar-refractivity contribution in [1.29, 1.82) is 0 Å². The van der Waals surface area contributed by atoms with Crippen LogP contribution in [-0.2, 0) is 22.6 Å². The smallest absolute Gasteiger partial charge is 0.282 e. The summed E-state index contributed by atoms with van der Waals surface area (Å²) in [6.07, 6.45) is -2.02. The molecule has 2 aliphatic heterocycles. The summed E-state index contributed by atoms with van der Waals surface area (Å²) in [5.41, 5.74) is 3.42. The lowest BCUT2D eigenvalue weighted by Crippen LogP contribution is -2.37. The van der Waals surface area contributed by atoms with E-state index in [4.69, 9.17) is 0 Å². The molecule has 0 fully saturated rings. The van der Waals surface area contributed by atoms with Gasteiger partial charge in [-0.15, -0.1) is 0 Å².